The molecule has 0 amide bonds. The minimum Gasteiger partial charge on any atom is -0.377 e. The van der Waals surface area contributed by atoms with E-state index in [0.717, 1.165) is 36.2 Å². The molecule has 1 aromatic rings. The van der Waals surface area contributed by atoms with Crippen LogP contribution in [-0.4, -0.2) is 25.8 Å². The van der Waals surface area contributed by atoms with Crippen LogP contribution in [0.3, 0.4) is 0 Å². The molecule has 1 atom stereocenters. The Balaban J connectivity index is 2.23. The molecule has 1 saturated heterocycles. The fraction of sp³-hybridized carbons (Fsp3) is 0.538. The molecule has 0 aliphatic carbocycles. The summed E-state index contributed by atoms with van der Waals surface area (Å²) < 4.78 is 6.62. The molecule has 1 heterocycles. The van der Waals surface area contributed by atoms with Gasteiger partial charge in [0.25, 0.3) is 0 Å². The Hall–Kier alpha value is -0.580. The van der Waals surface area contributed by atoms with Gasteiger partial charge >= 0.3 is 0 Å². The van der Waals surface area contributed by atoms with Gasteiger partial charge in [0.05, 0.1) is 19.3 Å². The van der Waals surface area contributed by atoms with Gasteiger partial charge in [-0.1, -0.05) is 28.9 Å². The third-order valence-corrected chi connectivity index (χ3v) is 4.03. The van der Waals surface area contributed by atoms with Crippen molar-refractivity contribution in [3.05, 3.63) is 28.2 Å². The van der Waals surface area contributed by atoms with Crippen LogP contribution in [0.15, 0.2) is 22.7 Å². The van der Waals surface area contributed by atoms with Gasteiger partial charge < -0.3 is 15.4 Å². The second-order valence-electron chi connectivity index (χ2n) is 4.31. The minimum absolute atomic E-state index is 0.486. The van der Waals surface area contributed by atoms with E-state index in [1.165, 1.54) is 5.69 Å². The van der Waals surface area contributed by atoms with E-state index in [-0.39, 0.29) is 0 Å². The molecule has 0 saturated carbocycles. The lowest BCUT2D eigenvalue weighted by molar-refractivity contribution is 0.0930. The van der Waals surface area contributed by atoms with Crippen LogP contribution in [0, 0.1) is 0 Å². The number of rotatable bonds is 3. The Morgan fingerprint density at radius 2 is 2.35 bits per heavy atom. The quantitative estimate of drug-likeness (QED) is 0.932. The maximum atomic E-state index is 5.67. The highest BCUT2D eigenvalue weighted by Gasteiger charge is 2.21. The summed E-state index contributed by atoms with van der Waals surface area (Å²) >= 11 is 3.58. The molecule has 94 valence electrons. The van der Waals surface area contributed by atoms with Crippen LogP contribution < -0.4 is 10.6 Å². The molecule has 1 unspecified atom stereocenters. The zero-order valence-electron chi connectivity index (χ0n) is 10.2. The highest BCUT2D eigenvalue weighted by molar-refractivity contribution is 9.10. The van der Waals surface area contributed by atoms with Gasteiger partial charge in [-0.05, 0) is 24.1 Å². The zero-order valence-corrected chi connectivity index (χ0v) is 11.7. The van der Waals surface area contributed by atoms with Crippen LogP contribution in [0.1, 0.15) is 18.9 Å². The van der Waals surface area contributed by atoms with Crippen LogP contribution in [0.4, 0.5) is 5.69 Å². The SMILES string of the molecule is CCC1COCCN1c1ccc(CN)c(Br)c1. The van der Waals surface area contributed by atoms with E-state index in [9.17, 15) is 0 Å². The largest absolute Gasteiger partial charge is 0.377 e. The number of ether oxygens (including phenoxy) is 1. The van der Waals surface area contributed by atoms with Crippen LogP contribution >= 0.6 is 15.9 Å². The van der Waals surface area contributed by atoms with Gasteiger partial charge in [0, 0.05) is 23.2 Å². The predicted molar refractivity (Wildman–Crippen MR) is 74.3 cm³/mol. The Labute approximate surface area is 111 Å². The maximum Gasteiger partial charge on any atom is 0.0670 e. The van der Waals surface area contributed by atoms with Crippen molar-refractivity contribution in [1.29, 1.82) is 0 Å². The summed E-state index contributed by atoms with van der Waals surface area (Å²) in [6.07, 6.45) is 1.11. The molecule has 0 spiro atoms. The Kier molecular flexibility index (Phi) is 4.42. The fourth-order valence-corrected chi connectivity index (χ4v) is 2.74. The average molecular weight is 299 g/mol. The molecular formula is C13H19BrN2O. The molecule has 0 aromatic heterocycles. The lowest BCUT2D eigenvalue weighted by Gasteiger charge is -2.37. The Morgan fingerprint density at radius 1 is 1.53 bits per heavy atom. The molecule has 1 aliphatic rings. The lowest BCUT2D eigenvalue weighted by atomic mass is 10.1. The molecule has 0 radical (unpaired) electrons. The number of nitrogens with two attached hydrogens (primary N) is 1. The number of hydrogen-bond acceptors (Lipinski definition) is 3. The number of morpholine rings is 1. The van der Waals surface area contributed by atoms with Crippen molar-refractivity contribution in [2.45, 2.75) is 25.9 Å². The first kappa shape index (κ1) is 12.9. The molecule has 2 rings (SSSR count). The van der Waals surface area contributed by atoms with Crippen LogP contribution in [0.2, 0.25) is 0 Å². The third kappa shape index (κ3) is 2.81. The monoisotopic (exact) mass is 298 g/mol. The molecule has 0 bridgehead atoms. The summed E-state index contributed by atoms with van der Waals surface area (Å²) in [6.45, 7) is 5.38. The molecular weight excluding hydrogens is 280 g/mol. The van der Waals surface area contributed by atoms with Crippen LogP contribution in [0.25, 0.3) is 0 Å². The van der Waals surface area contributed by atoms with Gasteiger partial charge in [-0.3, -0.25) is 0 Å². The highest BCUT2D eigenvalue weighted by atomic mass is 79.9. The van der Waals surface area contributed by atoms with E-state index >= 15 is 0 Å². The molecule has 2 N–H and O–H groups in total. The van der Waals surface area contributed by atoms with Crippen molar-refractivity contribution < 1.29 is 4.74 Å². The van der Waals surface area contributed by atoms with Gasteiger partial charge in [-0.2, -0.15) is 0 Å². The van der Waals surface area contributed by atoms with Gasteiger partial charge in [0.1, 0.15) is 0 Å². The van der Waals surface area contributed by atoms with Gasteiger partial charge in [0.15, 0.2) is 0 Å². The predicted octanol–water partition coefficient (Wildman–Crippen LogP) is 2.52. The topological polar surface area (TPSA) is 38.5 Å². The van der Waals surface area contributed by atoms with Crippen LogP contribution in [-0.2, 0) is 11.3 Å². The van der Waals surface area contributed by atoms with Crippen LogP contribution in [0.5, 0.6) is 0 Å². The molecule has 3 nitrogen and oxygen atoms in total. The van der Waals surface area contributed by atoms with E-state index < -0.39 is 0 Å². The van der Waals surface area contributed by atoms with E-state index in [1.807, 2.05) is 0 Å². The smallest absolute Gasteiger partial charge is 0.0670 e. The van der Waals surface area contributed by atoms with E-state index in [4.69, 9.17) is 10.5 Å². The second kappa shape index (κ2) is 5.85. The summed E-state index contributed by atoms with van der Waals surface area (Å²) in [6, 6.07) is 6.90. The summed E-state index contributed by atoms with van der Waals surface area (Å²) in [5, 5.41) is 0. The van der Waals surface area contributed by atoms with Crippen molar-refractivity contribution in [2.75, 3.05) is 24.7 Å². The van der Waals surface area contributed by atoms with Crippen molar-refractivity contribution in [2.24, 2.45) is 5.73 Å². The maximum absolute atomic E-state index is 5.67. The Bertz CT molecular complexity index is 384. The van der Waals surface area contributed by atoms with Crippen molar-refractivity contribution in [3.8, 4) is 0 Å². The summed E-state index contributed by atoms with van der Waals surface area (Å²) in [5.74, 6) is 0. The minimum atomic E-state index is 0.486. The number of nitrogens with zero attached hydrogens (tertiary/aromatic N) is 1. The zero-order chi connectivity index (χ0) is 12.3. The standard InChI is InChI=1S/C13H19BrN2O/c1-2-11-9-17-6-5-16(11)12-4-3-10(8-15)13(14)7-12/h3-4,7,11H,2,5-6,8-9,15H2,1H3. The van der Waals surface area contributed by atoms with Gasteiger partial charge in [-0.15, -0.1) is 0 Å². The number of hydrogen-bond donors (Lipinski definition) is 1. The lowest BCUT2D eigenvalue weighted by Crippen LogP contribution is -2.45. The average Bonchev–Trinajstić information content (AvgIpc) is 2.38. The highest BCUT2D eigenvalue weighted by Crippen LogP contribution is 2.27. The van der Waals surface area contributed by atoms with Crippen molar-refractivity contribution in [3.63, 3.8) is 0 Å². The molecule has 17 heavy (non-hydrogen) atoms. The van der Waals surface area contributed by atoms with E-state index in [2.05, 4.69) is 46.0 Å². The summed E-state index contributed by atoms with van der Waals surface area (Å²) in [7, 11) is 0. The van der Waals surface area contributed by atoms with Crippen molar-refractivity contribution >= 4 is 21.6 Å². The summed E-state index contributed by atoms with van der Waals surface area (Å²) in [4.78, 5) is 2.43. The number of halogens is 1. The van der Waals surface area contributed by atoms with E-state index in [0.29, 0.717) is 12.6 Å². The Morgan fingerprint density at radius 3 is 3.00 bits per heavy atom. The molecule has 1 aliphatic heterocycles. The van der Waals surface area contributed by atoms with Crippen molar-refractivity contribution in [1.82, 2.24) is 0 Å². The third-order valence-electron chi connectivity index (χ3n) is 3.29. The van der Waals surface area contributed by atoms with E-state index in [1.54, 1.807) is 0 Å². The first-order valence-corrected chi connectivity index (χ1v) is 6.88. The second-order valence-corrected chi connectivity index (χ2v) is 5.16. The molecule has 1 aromatic carbocycles. The summed E-state index contributed by atoms with van der Waals surface area (Å²) in [5.41, 5.74) is 8.07. The first-order valence-electron chi connectivity index (χ1n) is 6.09. The fourth-order valence-electron chi connectivity index (χ4n) is 2.21. The number of anilines is 1. The molecule has 4 heteroatoms. The number of benzene rings is 1. The van der Waals surface area contributed by atoms with Gasteiger partial charge in [-0.25, -0.2) is 0 Å². The van der Waals surface area contributed by atoms with Gasteiger partial charge in [0.2, 0.25) is 0 Å². The molecule has 1 fully saturated rings. The first-order chi connectivity index (χ1) is 8.26. The normalized spacial score (nSPS) is 20.6.